The Morgan fingerprint density at radius 3 is 2.38 bits per heavy atom. The number of rotatable bonds is 7. The first-order chi connectivity index (χ1) is 20.3. The Kier molecular flexibility index (Phi) is 7.24. The zero-order valence-electron chi connectivity index (χ0n) is 22.6. The molecule has 6 rings (SSSR count). The number of imide groups is 1. The number of piperidine rings is 1. The number of nitrogens with one attached hydrogen (secondary N) is 3. The van der Waals surface area contributed by atoms with Gasteiger partial charge in [-0.25, -0.2) is 9.79 Å². The number of hydrogen-bond acceptors (Lipinski definition) is 7. The van der Waals surface area contributed by atoms with Crippen LogP contribution >= 0.6 is 0 Å². The van der Waals surface area contributed by atoms with E-state index in [4.69, 9.17) is 4.99 Å². The van der Waals surface area contributed by atoms with Crippen LogP contribution in [0.15, 0.2) is 77.4 Å². The molecule has 2 aliphatic rings. The average Bonchev–Trinajstić information content (AvgIpc) is 3.49. The third kappa shape index (κ3) is 5.63. The summed E-state index contributed by atoms with van der Waals surface area (Å²) in [6.07, 6.45) is 5.24. The highest BCUT2D eigenvalue weighted by molar-refractivity contribution is 6.22. The number of nitro benzene ring substituents is 1. The van der Waals surface area contributed by atoms with Crippen LogP contribution in [-0.4, -0.2) is 50.7 Å². The predicted molar refractivity (Wildman–Crippen MR) is 159 cm³/mol. The van der Waals surface area contributed by atoms with Gasteiger partial charge in [0.15, 0.2) is 5.88 Å². The van der Waals surface area contributed by atoms with E-state index in [0.717, 1.165) is 25.2 Å². The molecule has 4 aromatic rings. The van der Waals surface area contributed by atoms with Gasteiger partial charge < -0.3 is 15.4 Å². The van der Waals surface area contributed by atoms with Crippen LogP contribution in [0.25, 0.3) is 17.0 Å². The summed E-state index contributed by atoms with van der Waals surface area (Å²) in [5.74, 6) is -0.650. The number of nitro groups is 1. The molecule has 0 spiro atoms. The van der Waals surface area contributed by atoms with Crippen molar-refractivity contribution in [1.29, 1.82) is 0 Å². The smallest absolute Gasteiger partial charge is 0.326 e. The second kappa shape index (κ2) is 11.3. The Morgan fingerprint density at radius 1 is 0.976 bits per heavy atom. The molecule has 3 amide bonds. The fraction of sp³-hybridized carbons (Fsp3) is 0.194. The molecule has 3 heterocycles. The van der Waals surface area contributed by atoms with Crippen LogP contribution in [-0.2, 0) is 11.3 Å². The van der Waals surface area contributed by atoms with Crippen LogP contribution in [0.5, 0.6) is 5.88 Å². The highest BCUT2D eigenvalue weighted by Crippen LogP contribution is 2.34. The first-order valence-corrected chi connectivity index (χ1v) is 13.7. The van der Waals surface area contributed by atoms with Crippen molar-refractivity contribution in [1.82, 2.24) is 20.5 Å². The molecule has 0 radical (unpaired) electrons. The molecule has 4 N–H and O–H groups in total. The highest BCUT2D eigenvalue weighted by Gasteiger charge is 2.23. The quantitative estimate of drug-likeness (QED) is 0.0804. The second-order valence-corrected chi connectivity index (χ2v) is 10.4. The number of aliphatic imine (C=N–C) groups is 1. The number of carbonyl (C=O) groups is 2. The molecule has 11 nitrogen and oxygen atoms in total. The Hall–Kier alpha value is -5.29. The van der Waals surface area contributed by atoms with E-state index in [-0.39, 0.29) is 17.3 Å². The molecule has 11 heteroatoms. The van der Waals surface area contributed by atoms with Crippen molar-refractivity contribution in [3.63, 3.8) is 0 Å². The van der Waals surface area contributed by atoms with Crippen LogP contribution in [0.1, 0.15) is 41.5 Å². The van der Waals surface area contributed by atoms with Crippen LogP contribution in [0.3, 0.4) is 0 Å². The van der Waals surface area contributed by atoms with E-state index in [2.05, 4.69) is 20.5 Å². The largest absolute Gasteiger partial charge is 0.494 e. The van der Waals surface area contributed by atoms with Crippen molar-refractivity contribution in [3.8, 4) is 5.88 Å². The first kappa shape index (κ1) is 26.9. The van der Waals surface area contributed by atoms with E-state index < -0.39 is 16.9 Å². The van der Waals surface area contributed by atoms with Gasteiger partial charge in [-0.2, -0.15) is 0 Å². The third-order valence-corrected chi connectivity index (χ3v) is 7.46. The number of benzene rings is 3. The summed E-state index contributed by atoms with van der Waals surface area (Å²) in [5.41, 5.74) is 4.52. The van der Waals surface area contributed by atoms with E-state index in [1.165, 1.54) is 37.0 Å². The van der Waals surface area contributed by atoms with Crippen LogP contribution in [0.2, 0.25) is 0 Å². The molecular weight excluding hydrogens is 536 g/mol. The van der Waals surface area contributed by atoms with Gasteiger partial charge in [-0.05, 0) is 61.3 Å². The van der Waals surface area contributed by atoms with E-state index in [9.17, 15) is 24.8 Å². The number of non-ortho nitro benzene ring substituents is 1. The normalized spacial score (nSPS) is 17.0. The number of aromatic nitrogens is 1. The van der Waals surface area contributed by atoms with Crippen molar-refractivity contribution < 1.29 is 19.6 Å². The topological polar surface area (TPSA) is 153 Å². The molecule has 0 atom stereocenters. The lowest BCUT2D eigenvalue weighted by atomic mass is 9.99. The van der Waals surface area contributed by atoms with E-state index in [1.807, 2.05) is 24.3 Å². The standard InChI is InChI=1S/C31H28N6O5/c38-29-26(34-31(40)35-29)16-19-6-10-22(11-7-19)32-28(21-8-4-20(5-9-21)18-36-14-2-1-3-15-36)27-24-17-23(37(41)42)12-13-25(24)33-30(27)39/h4-13,16-17,33,39H,1-3,14-15,18H2,(H2,34,35,38,40)/b26-16+,32-28?. The molecule has 0 bridgehead atoms. The Morgan fingerprint density at radius 2 is 1.71 bits per heavy atom. The maximum Gasteiger partial charge on any atom is 0.326 e. The number of likely N-dealkylation sites (tertiary alicyclic amines) is 1. The molecule has 2 fully saturated rings. The maximum atomic E-state index is 11.9. The number of nitrogens with zero attached hydrogens (tertiary/aromatic N) is 3. The van der Waals surface area contributed by atoms with Gasteiger partial charge in [0.05, 0.1) is 21.9 Å². The van der Waals surface area contributed by atoms with Crippen LogP contribution in [0.4, 0.5) is 16.2 Å². The summed E-state index contributed by atoms with van der Waals surface area (Å²) in [6, 6.07) is 18.8. The van der Waals surface area contributed by atoms with Gasteiger partial charge in [-0.15, -0.1) is 0 Å². The second-order valence-electron chi connectivity index (χ2n) is 10.4. The molecule has 0 aliphatic carbocycles. The SMILES string of the molecule is O=C1NC(=O)/C(=C\c2ccc(N=C(c3ccc(CN4CCCCC4)cc3)c3c(O)[nH]c4ccc([N+](=O)[O-])cc34)cc2)N1. The summed E-state index contributed by atoms with van der Waals surface area (Å²) >= 11 is 0. The summed E-state index contributed by atoms with van der Waals surface area (Å²) in [4.78, 5) is 44.6. The van der Waals surface area contributed by atoms with Gasteiger partial charge in [-0.1, -0.05) is 42.8 Å². The fourth-order valence-electron chi connectivity index (χ4n) is 5.35. The lowest BCUT2D eigenvalue weighted by molar-refractivity contribution is -0.384. The number of aromatic amines is 1. The zero-order chi connectivity index (χ0) is 29.2. The number of fused-ring (bicyclic) bond motifs is 1. The number of amides is 3. The first-order valence-electron chi connectivity index (χ1n) is 13.7. The predicted octanol–water partition coefficient (Wildman–Crippen LogP) is 5.12. The third-order valence-electron chi connectivity index (χ3n) is 7.46. The van der Waals surface area contributed by atoms with Crippen molar-refractivity contribution in [2.75, 3.05) is 13.1 Å². The monoisotopic (exact) mass is 564 g/mol. The lowest BCUT2D eigenvalue weighted by Gasteiger charge is -2.26. The summed E-state index contributed by atoms with van der Waals surface area (Å²) < 4.78 is 0. The van der Waals surface area contributed by atoms with Gasteiger partial charge in [0.2, 0.25) is 0 Å². The number of H-pyrrole nitrogens is 1. The molecule has 2 aliphatic heterocycles. The Balaban J connectivity index is 1.40. The molecule has 3 aromatic carbocycles. The highest BCUT2D eigenvalue weighted by atomic mass is 16.6. The minimum absolute atomic E-state index is 0.0978. The van der Waals surface area contributed by atoms with Crippen molar-refractivity contribution in [2.45, 2.75) is 25.8 Å². The Bertz CT molecular complexity index is 1750. The van der Waals surface area contributed by atoms with Gasteiger partial charge in [0, 0.05) is 35.1 Å². The minimum Gasteiger partial charge on any atom is -0.494 e. The van der Waals surface area contributed by atoms with Crippen molar-refractivity contribution in [2.24, 2.45) is 4.99 Å². The number of aromatic hydroxyl groups is 1. The number of urea groups is 1. The molecule has 2 saturated heterocycles. The van der Waals surface area contributed by atoms with Gasteiger partial charge in [0.1, 0.15) is 5.70 Å². The van der Waals surface area contributed by atoms with E-state index in [0.29, 0.717) is 33.4 Å². The minimum atomic E-state index is -0.571. The molecule has 42 heavy (non-hydrogen) atoms. The lowest BCUT2D eigenvalue weighted by Crippen LogP contribution is -2.29. The zero-order valence-corrected chi connectivity index (χ0v) is 22.6. The van der Waals surface area contributed by atoms with Crippen molar-refractivity contribution in [3.05, 3.63) is 105 Å². The molecule has 0 saturated carbocycles. The number of carbonyl (C=O) groups excluding carboxylic acids is 2. The van der Waals surface area contributed by atoms with E-state index in [1.54, 1.807) is 36.4 Å². The van der Waals surface area contributed by atoms with Crippen molar-refractivity contribution >= 4 is 46.0 Å². The van der Waals surface area contributed by atoms with Gasteiger partial charge in [0.25, 0.3) is 11.6 Å². The Labute approximate surface area is 240 Å². The molecule has 212 valence electrons. The fourth-order valence-corrected chi connectivity index (χ4v) is 5.35. The molecule has 0 unspecified atom stereocenters. The molecular formula is C31H28N6O5. The van der Waals surface area contributed by atoms with E-state index >= 15 is 0 Å². The molecule has 1 aromatic heterocycles. The average molecular weight is 565 g/mol. The maximum absolute atomic E-state index is 11.9. The van der Waals surface area contributed by atoms with Gasteiger partial charge in [-0.3, -0.25) is 25.1 Å². The number of hydrogen-bond donors (Lipinski definition) is 4. The summed E-state index contributed by atoms with van der Waals surface area (Å²) in [6.45, 7) is 3.02. The van der Waals surface area contributed by atoms with Crippen LogP contribution < -0.4 is 10.6 Å². The summed E-state index contributed by atoms with van der Waals surface area (Å²) in [7, 11) is 0. The van der Waals surface area contributed by atoms with Crippen LogP contribution in [0, 0.1) is 10.1 Å². The van der Waals surface area contributed by atoms with Gasteiger partial charge >= 0.3 is 6.03 Å². The summed E-state index contributed by atoms with van der Waals surface area (Å²) in [5, 5.41) is 27.6.